The van der Waals surface area contributed by atoms with Gasteiger partial charge in [0.1, 0.15) is 5.82 Å². The van der Waals surface area contributed by atoms with E-state index in [1.165, 1.54) is 18.2 Å². The topological polar surface area (TPSA) is 52.9 Å². The zero-order chi connectivity index (χ0) is 13.5. The van der Waals surface area contributed by atoms with Crippen molar-refractivity contribution in [2.45, 2.75) is 26.3 Å². The Labute approximate surface area is 106 Å². The van der Waals surface area contributed by atoms with Crippen molar-refractivity contribution >= 4 is 11.5 Å². The number of hydrogen-bond acceptors (Lipinski definition) is 2. The van der Waals surface area contributed by atoms with Crippen molar-refractivity contribution in [1.29, 1.82) is 5.26 Å². The van der Waals surface area contributed by atoms with Crippen molar-refractivity contribution in [2.75, 3.05) is 0 Å². The molecule has 0 heterocycles. The van der Waals surface area contributed by atoms with Crippen LogP contribution in [0.2, 0.25) is 0 Å². The van der Waals surface area contributed by atoms with Crippen LogP contribution in [0, 0.1) is 17.1 Å². The van der Waals surface area contributed by atoms with Gasteiger partial charge in [-0.3, -0.25) is 4.79 Å². The fourth-order valence-electron chi connectivity index (χ4n) is 1.49. The number of hydrogen-bond donors (Lipinski definition) is 1. The Morgan fingerprint density at radius 2 is 2.33 bits per heavy atom. The van der Waals surface area contributed by atoms with Gasteiger partial charge in [-0.1, -0.05) is 12.1 Å². The Balaban J connectivity index is 2.72. The number of nitriles is 1. The largest absolute Gasteiger partial charge is 0.349 e. The maximum Gasteiger partial charge on any atom is 0.244 e. The van der Waals surface area contributed by atoms with E-state index in [-0.39, 0.29) is 24.2 Å². The van der Waals surface area contributed by atoms with Crippen molar-refractivity contribution in [3.63, 3.8) is 0 Å². The van der Waals surface area contributed by atoms with Gasteiger partial charge < -0.3 is 5.32 Å². The number of nitrogens with one attached hydrogen (secondary N) is 1. The Bertz CT molecular complexity index is 503. The number of benzene rings is 1. The Kier molecular flexibility index (Phi) is 5.06. The van der Waals surface area contributed by atoms with Crippen LogP contribution in [-0.2, 0) is 4.79 Å². The monoisotopic (exact) mass is 246 g/mol. The van der Waals surface area contributed by atoms with E-state index in [1.54, 1.807) is 26.0 Å². The van der Waals surface area contributed by atoms with Gasteiger partial charge in [-0.05, 0) is 37.1 Å². The lowest BCUT2D eigenvalue weighted by molar-refractivity contribution is -0.117. The van der Waals surface area contributed by atoms with Crippen molar-refractivity contribution in [3.05, 3.63) is 41.7 Å². The fraction of sp³-hybridized carbons (Fsp3) is 0.286. The van der Waals surface area contributed by atoms with Gasteiger partial charge >= 0.3 is 0 Å². The molecule has 0 aliphatic heterocycles. The predicted molar refractivity (Wildman–Crippen MR) is 67.9 cm³/mol. The van der Waals surface area contributed by atoms with Crippen molar-refractivity contribution in [3.8, 4) is 6.07 Å². The molecule has 0 radical (unpaired) electrons. The number of carbonyl (C=O) groups is 1. The summed E-state index contributed by atoms with van der Waals surface area (Å²) in [5.74, 6) is -0.613. The number of allylic oxidation sites excluding steroid dienone is 1. The Hall–Kier alpha value is -2.15. The van der Waals surface area contributed by atoms with Gasteiger partial charge in [0.25, 0.3) is 0 Å². The van der Waals surface area contributed by atoms with Gasteiger partial charge in [-0.15, -0.1) is 0 Å². The van der Waals surface area contributed by atoms with Crippen LogP contribution in [0.5, 0.6) is 0 Å². The van der Waals surface area contributed by atoms with Gasteiger partial charge in [0.05, 0.1) is 12.5 Å². The Morgan fingerprint density at radius 3 is 2.94 bits per heavy atom. The first-order chi connectivity index (χ1) is 8.52. The summed E-state index contributed by atoms with van der Waals surface area (Å²) in [6.45, 7) is 3.50. The van der Waals surface area contributed by atoms with E-state index in [4.69, 9.17) is 5.26 Å². The molecule has 1 aromatic carbocycles. The number of carbonyl (C=O) groups excluding carboxylic acids is 1. The molecule has 0 saturated heterocycles. The highest BCUT2D eigenvalue weighted by Gasteiger charge is 2.05. The first-order valence-corrected chi connectivity index (χ1v) is 5.64. The molecule has 1 atom stereocenters. The maximum atomic E-state index is 13.0. The predicted octanol–water partition coefficient (Wildman–Crippen LogP) is 2.65. The molecule has 0 aliphatic carbocycles. The molecule has 1 unspecified atom stereocenters. The SMILES string of the molecule is CC(=CC(=O)NC(C)CC#N)c1cccc(F)c1. The summed E-state index contributed by atoms with van der Waals surface area (Å²) in [6.07, 6.45) is 1.67. The van der Waals surface area contributed by atoms with E-state index in [9.17, 15) is 9.18 Å². The molecule has 0 spiro atoms. The summed E-state index contributed by atoms with van der Waals surface area (Å²) in [5, 5.41) is 11.1. The third-order valence-electron chi connectivity index (χ3n) is 2.41. The molecule has 0 saturated carbocycles. The lowest BCUT2D eigenvalue weighted by Crippen LogP contribution is -2.30. The molecule has 1 rings (SSSR count). The first-order valence-electron chi connectivity index (χ1n) is 5.64. The molecule has 0 bridgehead atoms. The third-order valence-corrected chi connectivity index (χ3v) is 2.41. The number of rotatable bonds is 4. The molecule has 1 aromatic rings. The summed E-state index contributed by atoms with van der Waals surface area (Å²) in [6, 6.07) is 7.84. The van der Waals surface area contributed by atoms with E-state index in [0.717, 1.165) is 0 Å². The second kappa shape index (κ2) is 6.55. The van der Waals surface area contributed by atoms with Gasteiger partial charge in [0.15, 0.2) is 0 Å². The summed E-state index contributed by atoms with van der Waals surface area (Å²) >= 11 is 0. The lowest BCUT2D eigenvalue weighted by atomic mass is 10.1. The quantitative estimate of drug-likeness (QED) is 0.830. The summed E-state index contributed by atoms with van der Waals surface area (Å²) < 4.78 is 13.0. The first kappa shape index (κ1) is 13.9. The third kappa shape index (κ3) is 4.38. The van der Waals surface area contributed by atoms with Crippen LogP contribution < -0.4 is 5.32 Å². The summed E-state index contributed by atoms with van der Waals surface area (Å²) in [7, 11) is 0. The average molecular weight is 246 g/mol. The van der Waals surface area contributed by atoms with Crippen LogP contribution in [-0.4, -0.2) is 11.9 Å². The van der Waals surface area contributed by atoms with Crippen molar-refractivity contribution in [2.24, 2.45) is 0 Å². The van der Waals surface area contributed by atoms with Gasteiger partial charge in [0, 0.05) is 12.1 Å². The smallest absolute Gasteiger partial charge is 0.244 e. The van der Waals surface area contributed by atoms with E-state index < -0.39 is 0 Å². The standard InChI is InChI=1S/C14H15FN2O/c1-10(12-4-3-5-13(15)9-12)8-14(18)17-11(2)6-7-16/h3-5,8-9,11H,6H2,1-2H3,(H,17,18). The summed E-state index contributed by atoms with van der Waals surface area (Å²) in [4.78, 5) is 11.6. The van der Waals surface area contributed by atoms with E-state index in [2.05, 4.69) is 5.32 Å². The molecule has 94 valence electrons. The van der Waals surface area contributed by atoms with Gasteiger partial charge in [0.2, 0.25) is 5.91 Å². The van der Waals surface area contributed by atoms with E-state index in [0.29, 0.717) is 11.1 Å². The van der Waals surface area contributed by atoms with Crippen LogP contribution in [0.25, 0.3) is 5.57 Å². The van der Waals surface area contributed by atoms with Crippen LogP contribution >= 0.6 is 0 Å². The minimum Gasteiger partial charge on any atom is -0.349 e. The molecule has 0 fully saturated rings. The number of amides is 1. The van der Waals surface area contributed by atoms with Gasteiger partial charge in [-0.25, -0.2) is 4.39 Å². The summed E-state index contributed by atoms with van der Waals surface area (Å²) in [5.41, 5.74) is 1.34. The minimum absolute atomic E-state index is 0.195. The normalized spacial score (nSPS) is 12.7. The molecule has 18 heavy (non-hydrogen) atoms. The highest BCUT2D eigenvalue weighted by Crippen LogP contribution is 2.14. The molecule has 4 heteroatoms. The van der Waals surface area contributed by atoms with Gasteiger partial charge in [-0.2, -0.15) is 5.26 Å². The van der Waals surface area contributed by atoms with Crippen molar-refractivity contribution < 1.29 is 9.18 Å². The highest BCUT2D eigenvalue weighted by molar-refractivity contribution is 5.94. The fourth-order valence-corrected chi connectivity index (χ4v) is 1.49. The van der Waals surface area contributed by atoms with E-state index in [1.807, 2.05) is 6.07 Å². The zero-order valence-electron chi connectivity index (χ0n) is 10.4. The minimum atomic E-state index is -0.335. The zero-order valence-corrected chi connectivity index (χ0v) is 10.4. The average Bonchev–Trinajstić information content (AvgIpc) is 2.28. The Morgan fingerprint density at radius 1 is 1.61 bits per heavy atom. The van der Waals surface area contributed by atoms with E-state index >= 15 is 0 Å². The molecule has 1 amide bonds. The van der Waals surface area contributed by atoms with Crippen LogP contribution in [0.3, 0.4) is 0 Å². The highest BCUT2D eigenvalue weighted by atomic mass is 19.1. The van der Waals surface area contributed by atoms with Crippen LogP contribution in [0.4, 0.5) is 4.39 Å². The van der Waals surface area contributed by atoms with Crippen molar-refractivity contribution in [1.82, 2.24) is 5.32 Å². The number of halogens is 1. The molecule has 0 aromatic heterocycles. The maximum absolute atomic E-state index is 13.0. The van der Waals surface area contributed by atoms with Crippen LogP contribution in [0.1, 0.15) is 25.8 Å². The molecule has 0 aliphatic rings. The second-order valence-electron chi connectivity index (χ2n) is 4.11. The second-order valence-corrected chi connectivity index (χ2v) is 4.11. The molecule has 1 N–H and O–H groups in total. The molecular formula is C14H15FN2O. The molecule has 3 nitrogen and oxygen atoms in total. The molecular weight excluding hydrogens is 231 g/mol. The number of nitrogens with zero attached hydrogens (tertiary/aromatic N) is 1. The lowest BCUT2D eigenvalue weighted by Gasteiger charge is -2.08. The van der Waals surface area contributed by atoms with Crippen LogP contribution in [0.15, 0.2) is 30.3 Å².